The number of nitrogens with one attached hydrogen (secondary N) is 2. The van der Waals surface area contributed by atoms with E-state index in [2.05, 4.69) is 10.6 Å². The number of hydrogen-bond donors (Lipinski definition) is 3. The second kappa shape index (κ2) is 12.0. The zero-order valence-corrected chi connectivity index (χ0v) is 23.7. The van der Waals surface area contributed by atoms with Crippen molar-refractivity contribution >= 4 is 21.6 Å². The average molecular weight is 568 g/mol. The fraction of sp³-hybridized carbons (Fsp3) is 0.310. The van der Waals surface area contributed by atoms with Gasteiger partial charge in [-0.15, -0.1) is 0 Å². The molecule has 0 aliphatic heterocycles. The van der Waals surface area contributed by atoms with Gasteiger partial charge in [-0.1, -0.05) is 18.2 Å². The SMILES string of the molecule is COc1cc2c(c(OC)c1OC)-c1ccc(NCCc3ccc(S(N)(=O)=O)cc3)c(=O)cc1[C@H](NC(C)=O)CC2. The van der Waals surface area contributed by atoms with Crippen LogP contribution in [-0.2, 0) is 27.7 Å². The van der Waals surface area contributed by atoms with Crippen LogP contribution in [0.25, 0.3) is 11.1 Å². The molecule has 0 spiro atoms. The first kappa shape index (κ1) is 28.9. The number of rotatable bonds is 9. The van der Waals surface area contributed by atoms with Gasteiger partial charge < -0.3 is 24.8 Å². The largest absolute Gasteiger partial charge is 0.493 e. The van der Waals surface area contributed by atoms with Gasteiger partial charge in [-0.05, 0) is 71.8 Å². The van der Waals surface area contributed by atoms with Gasteiger partial charge in [0.2, 0.25) is 27.1 Å². The van der Waals surface area contributed by atoms with Crippen molar-refractivity contribution in [2.24, 2.45) is 5.14 Å². The molecule has 4 rings (SSSR count). The number of primary sulfonamides is 1. The molecule has 1 aliphatic rings. The van der Waals surface area contributed by atoms with Gasteiger partial charge in [-0.3, -0.25) is 9.59 Å². The van der Waals surface area contributed by atoms with Crippen LogP contribution >= 0.6 is 0 Å². The quantitative estimate of drug-likeness (QED) is 0.357. The summed E-state index contributed by atoms with van der Waals surface area (Å²) in [5, 5.41) is 11.4. The first-order valence-electron chi connectivity index (χ1n) is 12.7. The monoisotopic (exact) mass is 567 g/mol. The highest BCUT2D eigenvalue weighted by Crippen LogP contribution is 2.50. The number of nitrogens with two attached hydrogens (primary N) is 1. The number of carbonyl (C=O) groups excluding carboxylic acids is 1. The number of aryl methyl sites for hydroxylation is 1. The van der Waals surface area contributed by atoms with E-state index in [9.17, 15) is 18.0 Å². The van der Waals surface area contributed by atoms with Gasteiger partial charge in [-0.25, -0.2) is 13.6 Å². The van der Waals surface area contributed by atoms with Gasteiger partial charge in [-0.2, -0.15) is 0 Å². The summed E-state index contributed by atoms with van der Waals surface area (Å²) in [6.07, 6.45) is 1.72. The Morgan fingerprint density at radius 3 is 2.30 bits per heavy atom. The molecule has 40 heavy (non-hydrogen) atoms. The summed E-state index contributed by atoms with van der Waals surface area (Å²) in [4.78, 5) is 25.5. The van der Waals surface area contributed by atoms with Crippen molar-refractivity contribution in [2.75, 3.05) is 33.2 Å². The Morgan fingerprint density at radius 1 is 1.00 bits per heavy atom. The van der Waals surface area contributed by atoms with Crippen LogP contribution in [0.15, 0.2) is 58.2 Å². The van der Waals surface area contributed by atoms with E-state index in [0.717, 1.165) is 22.3 Å². The van der Waals surface area contributed by atoms with Crippen molar-refractivity contribution in [2.45, 2.75) is 37.1 Å². The maximum absolute atomic E-state index is 13.4. The van der Waals surface area contributed by atoms with E-state index in [0.29, 0.717) is 54.3 Å². The van der Waals surface area contributed by atoms with Crippen LogP contribution in [0, 0.1) is 0 Å². The summed E-state index contributed by atoms with van der Waals surface area (Å²) in [5.41, 5.74) is 4.18. The number of ether oxygens (including phenoxy) is 3. The molecule has 1 aliphatic carbocycles. The first-order chi connectivity index (χ1) is 19.1. The molecule has 0 saturated heterocycles. The zero-order chi connectivity index (χ0) is 29.0. The van der Waals surface area contributed by atoms with E-state index in [1.807, 2.05) is 12.1 Å². The Bertz CT molecular complexity index is 1590. The van der Waals surface area contributed by atoms with Gasteiger partial charge in [0.1, 0.15) is 0 Å². The number of anilines is 1. The molecule has 0 saturated carbocycles. The second-order valence-electron chi connectivity index (χ2n) is 9.46. The Labute approximate surface area is 233 Å². The summed E-state index contributed by atoms with van der Waals surface area (Å²) >= 11 is 0. The van der Waals surface area contributed by atoms with Gasteiger partial charge in [0, 0.05) is 19.0 Å². The number of methoxy groups -OCH3 is 3. The van der Waals surface area contributed by atoms with Gasteiger partial charge in [0.25, 0.3) is 0 Å². The number of fused-ring (bicyclic) bond motifs is 3. The summed E-state index contributed by atoms with van der Waals surface area (Å²) in [5.74, 6) is 1.25. The predicted octanol–water partition coefficient (Wildman–Crippen LogP) is 3.17. The number of hydrogen-bond acceptors (Lipinski definition) is 8. The van der Waals surface area contributed by atoms with E-state index in [-0.39, 0.29) is 16.2 Å². The lowest BCUT2D eigenvalue weighted by Crippen LogP contribution is -2.26. The minimum atomic E-state index is -3.76. The lowest BCUT2D eigenvalue weighted by atomic mass is 9.95. The minimum Gasteiger partial charge on any atom is -0.493 e. The smallest absolute Gasteiger partial charge is 0.238 e. The lowest BCUT2D eigenvalue weighted by Gasteiger charge is -2.19. The molecule has 3 aromatic rings. The average Bonchev–Trinajstić information content (AvgIpc) is 3.16. The number of carbonyl (C=O) groups is 1. The van der Waals surface area contributed by atoms with Crippen molar-refractivity contribution in [3.05, 3.63) is 75.4 Å². The van der Waals surface area contributed by atoms with Crippen LogP contribution in [-0.4, -0.2) is 42.2 Å². The van der Waals surface area contributed by atoms with Crippen LogP contribution in [0.1, 0.15) is 36.1 Å². The maximum atomic E-state index is 13.4. The Kier molecular flexibility index (Phi) is 8.65. The van der Waals surface area contributed by atoms with Gasteiger partial charge >= 0.3 is 0 Å². The van der Waals surface area contributed by atoms with Crippen LogP contribution in [0.4, 0.5) is 5.69 Å². The van der Waals surface area contributed by atoms with Crippen LogP contribution in [0.2, 0.25) is 0 Å². The highest BCUT2D eigenvalue weighted by molar-refractivity contribution is 7.89. The maximum Gasteiger partial charge on any atom is 0.238 e. The number of sulfonamides is 1. The number of amides is 1. The fourth-order valence-electron chi connectivity index (χ4n) is 5.04. The predicted molar refractivity (Wildman–Crippen MR) is 153 cm³/mol. The molecule has 3 aromatic carbocycles. The first-order valence-corrected chi connectivity index (χ1v) is 14.2. The molecule has 0 aromatic heterocycles. The van der Waals surface area contributed by atoms with Crippen LogP contribution in [0.3, 0.4) is 0 Å². The standard InChI is InChI=1S/C29H33N3O7S/c1-17(33)32-23-11-7-19-15-26(37-2)28(38-3)29(39-4)27(19)21-10-12-24(25(34)16-22(21)23)31-14-13-18-5-8-20(9-6-18)40(30,35)36/h5-6,8-10,12,15-16,23H,7,11,13-14H2,1-4H3,(H,31,34)(H,32,33)(H2,30,35,36)/t23-/m1/s1. The van der Waals surface area contributed by atoms with E-state index >= 15 is 0 Å². The molecule has 1 atom stereocenters. The third-order valence-electron chi connectivity index (χ3n) is 6.90. The molecule has 0 fully saturated rings. The topological polar surface area (TPSA) is 146 Å². The molecule has 212 valence electrons. The molecule has 1 amide bonds. The molecular formula is C29H33N3O7S. The van der Waals surface area contributed by atoms with Crippen LogP contribution in [0.5, 0.6) is 17.2 Å². The van der Waals surface area contributed by atoms with E-state index in [1.165, 1.54) is 26.2 Å². The lowest BCUT2D eigenvalue weighted by molar-refractivity contribution is -0.119. The van der Waals surface area contributed by atoms with Crippen LogP contribution < -0.4 is 35.4 Å². The Hall–Kier alpha value is -4.09. The third kappa shape index (κ3) is 6.05. The van der Waals surface area contributed by atoms with Gasteiger partial charge in [0.05, 0.1) is 38.0 Å². The summed E-state index contributed by atoms with van der Waals surface area (Å²) in [7, 11) is 0.890. The zero-order valence-electron chi connectivity index (χ0n) is 22.9. The molecule has 0 heterocycles. The second-order valence-corrected chi connectivity index (χ2v) is 11.0. The van der Waals surface area contributed by atoms with E-state index < -0.39 is 16.1 Å². The van der Waals surface area contributed by atoms with E-state index in [1.54, 1.807) is 38.5 Å². The molecule has 10 nitrogen and oxygen atoms in total. The molecular weight excluding hydrogens is 534 g/mol. The normalized spacial score (nSPS) is 14.3. The summed E-state index contributed by atoms with van der Waals surface area (Å²) < 4.78 is 40.0. The van der Waals surface area contributed by atoms with E-state index in [4.69, 9.17) is 19.3 Å². The van der Waals surface area contributed by atoms with Crippen molar-refractivity contribution in [1.82, 2.24) is 5.32 Å². The summed E-state index contributed by atoms with van der Waals surface area (Å²) in [6.45, 7) is 1.88. The molecule has 11 heteroatoms. The minimum absolute atomic E-state index is 0.0429. The highest BCUT2D eigenvalue weighted by Gasteiger charge is 2.29. The number of benzene rings is 2. The molecule has 0 radical (unpaired) electrons. The Morgan fingerprint density at radius 2 is 1.70 bits per heavy atom. The highest BCUT2D eigenvalue weighted by atomic mass is 32.2. The van der Waals surface area contributed by atoms with Crippen molar-refractivity contribution in [3.63, 3.8) is 0 Å². The third-order valence-corrected chi connectivity index (χ3v) is 7.83. The summed E-state index contributed by atoms with van der Waals surface area (Å²) in [6, 6.07) is 12.9. The van der Waals surface area contributed by atoms with Crippen molar-refractivity contribution < 1.29 is 27.4 Å². The Balaban J connectivity index is 1.75. The van der Waals surface area contributed by atoms with Gasteiger partial charge in [0.15, 0.2) is 11.5 Å². The molecule has 0 unspecified atom stereocenters. The fourth-order valence-corrected chi connectivity index (χ4v) is 5.56. The van der Waals surface area contributed by atoms with Crippen molar-refractivity contribution in [3.8, 4) is 28.4 Å². The molecule has 4 N–H and O–H groups in total. The molecule has 0 bridgehead atoms. The van der Waals surface area contributed by atoms with Crippen molar-refractivity contribution in [1.29, 1.82) is 0 Å².